The van der Waals surface area contributed by atoms with Gasteiger partial charge in [0.05, 0.1) is 18.3 Å². The van der Waals surface area contributed by atoms with E-state index in [1.165, 1.54) is 14.7 Å². The molecule has 0 radical (unpaired) electrons. The van der Waals surface area contributed by atoms with Crippen molar-refractivity contribution in [3.8, 4) is 5.75 Å². The van der Waals surface area contributed by atoms with E-state index in [4.69, 9.17) is 21.1 Å². The van der Waals surface area contributed by atoms with E-state index in [2.05, 4.69) is 57.8 Å². The maximum absolute atomic E-state index is 12.8. The van der Waals surface area contributed by atoms with Crippen LogP contribution < -0.4 is 9.64 Å². The Morgan fingerprint density at radius 2 is 2.09 bits per heavy atom. The van der Waals surface area contributed by atoms with E-state index >= 15 is 0 Å². The highest BCUT2D eigenvalue weighted by molar-refractivity contribution is 14.1. The van der Waals surface area contributed by atoms with Crippen LogP contribution >= 0.6 is 34.2 Å². The van der Waals surface area contributed by atoms with E-state index < -0.39 is 5.60 Å². The number of carbonyl (C=O) groups excluding carboxylic acids is 1. The van der Waals surface area contributed by atoms with Crippen LogP contribution in [0.2, 0.25) is 5.02 Å². The fraction of sp³-hybridized carbons (Fsp3) is 0.519. The normalized spacial score (nSPS) is 24.0. The molecule has 2 aliphatic heterocycles. The smallest absolute Gasteiger partial charge is 0.410 e. The Morgan fingerprint density at radius 3 is 2.82 bits per heavy atom. The number of ether oxygens (including phenoxy) is 2. The second-order valence-corrected chi connectivity index (χ2v) is 12.5. The first-order valence-corrected chi connectivity index (χ1v) is 13.6. The molecule has 1 spiro atoms. The molecule has 0 unspecified atom stereocenters. The Kier molecular flexibility index (Phi) is 6.42. The molecule has 3 aliphatic rings. The maximum Gasteiger partial charge on any atom is 0.410 e. The van der Waals surface area contributed by atoms with Crippen molar-refractivity contribution in [1.29, 1.82) is 0 Å². The highest BCUT2D eigenvalue weighted by Gasteiger charge is 2.44. The van der Waals surface area contributed by atoms with Crippen molar-refractivity contribution in [2.45, 2.75) is 63.5 Å². The second kappa shape index (κ2) is 9.08. The number of likely N-dealkylation sites (tertiary alicyclic amines) is 1. The third-order valence-corrected chi connectivity index (χ3v) is 8.11. The molecule has 2 aromatic rings. The number of rotatable bonds is 2. The highest BCUT2D eigenvalue weighted by Crippen LogP contribution is 2.45. The summed E-state index contributed by atoms with van der Waals surface area (Å²) in [7, 11) is 0. The number of carbonyl (C=O) groups is 1. The van der Waals surface area contributed by atoms with Gasteiger partial charge in [-0.15, -0.1) is 0 Å². The van der Waals surface area contributed by atoms with E-state index in [1.807, 2.05) is 31.7 Å². The fourth-order valence-corrected chi connectivity index (χ4v) is 6.20. The molecule has 1 aliphatic carbocycles. The summed E-state index contributed by atoms with van der Waals surface area (Å²) < 4.78 is 13.4. The average Bonchev–Trinajstić information content (AvgIpc) is 2.87. The fourth-order valence-electron chi connectivity index (χ4n) is 5.53. The van der Waals surface area contributed by atoms with Gasteiger partial charge in [0.25, 0.3) is 0 Å². The van der Waals surface area contributed by atoms with Gasteiger partial charge in [-0.05, 0) is 111 Å². The van der Waals surface area contributed by atoms with Gasteiger partial charge in [0.2, 0.25) is 0 Å². The Balaban J connectivity index is 1.47. The van der Waals surface area contributed by atoms with Gasteiger partial charge < -0.3 is 19.3 Å². The number of anilines is 1. The summed E-state index contributed by atoms with van der Waals surface area (Å²) in [5.41, 5.74) is 3.20. The van der Waals surface area contributed by atoms with Gasteiger partial charge in [0.1, 0.15) is 11.4 Å². The summed E-state index contributed by atoms with van der Waals surface area (Å²) in [6, 6.07) is 12.9. The van der Waals surface area contributed by atoms with Crippen LogP contribution in [0.5, 0.6) is 5.75 Å². The molecular weight excluding hydrogens is 563 g/mol. The molecule has 0 N–H and O–H groups in total. The van der Waals surface area contributed by atoms with Crippen LogP contribution in [0.1, 0.15) is 51.2 Å². The summed E-state index contributed by atoms with van der Waals surface area (Å²) in [5, 5.41) is 0.794. The van der Waals surface area contributed by atoms with E-state index in [9.17, 15) is 4.79 Å². The number of hydrogen-bond acceptors (Lipinski definition) is 4. The van der Waals surface area contributed by atoms with Gasteiger partial charge >= 0.3 is 6.09 Å². The molecule has 182 valence electrons. The average molecular weight is 595 g/mol. The van der Waals surface area contributed by atoms with Crippen molar-refractivity contribution in [1.82, 2.24) is 4.90 Å². The highest BCUT2D eigenvalue weighted by atomic mass is 127. The molecule has 0 saturated carbocycles. The number of halogens is 2. The van der Waals surface area contributed by atoms with Crippen LogP contribution in [0.15, 0.2) is 36.4 Å². The van der Waals surface area contributed by atoms with Crippen molar-refractivity contribution in [2.75, 3.05) is 31.1 Å². The minimum atomic E-state index is -0.493. The van der Waals surface area contributed by atoms with Crippen LogP contribution in [0.4, 0.5) is 10.5 Å². The Hall–Kier alpha value is -1.67. The zero-order chi connectivity index (χ0) is 24.1. The van der Waals surface area contributed by atoms with Gasteiger partial charge in [-0.25, -0.2) is 4.79 Å². The Labute approximate surface area is 220 Å². The number of fused-ring (bicyclic) bond motifs is 3. The van der Waals surface area contributed by atoms with Crippen molar-refractivity contribution < 1.29 is 14.3 Å². The van der Waals surface area contributed by atoms with Gasteiger partial charge in [-0.2, -0.15) is 0 Å². The first-order chi connectivity index (χ1) is 16.1. The molecule has 34 heavy (non-hydrogen) atoms. The van der Waals surface area contributed by atoms with Gasteiger partial charge in [-0.3, -0.25) is 0 Å². The van der Waals surface area contributed by atoms with E-state index in [0.717, 1.165) is 61.8 Å². The molecule has 1 fully saturated rings. The zero-order valence-electron chi connectivity index (χ0n) is 20.1. The lowest BCUT2D eigenvalue weighted by molar-refractivity contribution is -0.00388. The summed E-state index contributed by atoms with van der Waals surface area (Å²) >= 11 is 8.71. The number of benzene rings is 2. The minimum Gasteiger partial charge on any atom is -0.490 e. The topological polar surface area (TPSA) is 42.0 Å². The Morgan fingerprint density at radius 1 is 1.26 bits per heavy atom. The molecule has 5 rings (SSSR count). The number of amides is 1. The molecule has 2 aromatic carbocycles. The number of hydrogen-bond donors (Lipinski definition) is 0. The monoisotopic (exact) mass is 594 g/mol. The molecule has 0 aromatic heterocycles. The molecule has 0 bridgehead atoms. The molecule has 2 heterocycles. The lowest BCUT2D eigenvalue weighted by atomic mass is 9.70. The van der Waals surface area contributed by atoms with Crippen LogP contribution in [-0.4, -0.2) is 48.9 Å². The number of aryl methyl sites for hydroxylation is 1. The van der Waals surface area contributed by atoms with E-state index in [0.29, 0.717) is 6.61 Å². The van der Waals surface area contributed by atoms with Crippen molar-refractivity contribution >= 4 is 46.0 Å². The second-order valence-electron chi connectivity index (χ2n) is 10.8. The van der Waals surface area contributed by atoms with E-state index in [1.54, 1.807) is 0 Å². The van der Waals surface area contributed by atoms with Crippen molar-refractivity contribution in [2.24, 2.45) is 0 Å². The predicted molar refractivity (Wildman–Crippen MR) is 144 cm³/mol. The van der Waals surface area contributed by atoms with Crippen LogP contribution in [0, 0.1) is 3.57 Å². The summed E-state index contributed by atoms with van der Waals surface area (Å²) in [5.74, 6) is 0.918. The summed E-state index contributed by atoms with van der Waals surface area (Å²) in [6.45, 7) is 8.76. The molecule has 7 heteroatoms. The van der Waals surface area contributed by atoms with Gasteiger partial charge in [-0.1, -0.05) is 17.7 Å². The van der Waals surface area contributed by atoms with Crippen LogP contribution in [0.3, 0.4) is 0 Å². The third kappa shape index (κ3) is 4.72. The SMILES string of the molecule is CC(C)(C)OC(=O)N1CC[C@H]1CN1C[C@@]2(CCCc3cc(Cl)ccc32)COc2ccc(I)cc21. The van der Waals surface area contributed by atoms with Crippen molar-refractivity contribution in [3.05, 3.63) is 56.1 Å². The first-order valence-electron chi connectivity index (χ1n) is 12.1. The quantitative estimate of drug-likeness (QED) is 0.376. The van der Waals surface area contributed by atoms with Crippen LogP contribution in [-0.2, 0) is 16.6 Å². The van der Waals surface area contributed by atoms with Gasteiger partial charge in [0, 0.05) is 33.6 Å². The first kappa shape index (κ1) is 24.0. The Bertz CT molecular complexity index is 1100. The largest absolute Gasteiger partial charge is 0.490 e. The lowest BCUT2D eigenvalue weighted by Gasteiger charge is -2.46. The lowest BCUT2D eigenvalue weighted by Crippen LogP contribution is -2.58. The van der Waals surface area contributed by atoms with Crippen LogP contribution in [0.25, 0.3) is 0 Å². The molecule has 1 saturated heterocycles. The minimum absolute atomic E-state index is 0.108. The third-order valence-electron chi connectivity index (χ3n) is 7.20. The molecule has 2 atom stereocenters. The van der Waals surface area contributed by atoms with Crippen molar-refractivity contribution in [3.63, 3.8) is 0 Å². The molecular formula is C27H32ClIN2O3. The standard InChI is InChI=1S/C27H32ClIN2O3/c1-26(2,3)34-25(32)31-12-10-21(31)15-30-16-27(17-33-24-9-7-20(29)14-23(24)30)11-4-5-18-13-19(28)6-8-22(18)27/h6-9,13-14,21H,4-5,10-12,15-17H2,1-3H3/t21-,27-/m0/s1. The molecule has 5 nitrogen and oxygen atoms in total. The summed E-state index contributed by atoms with van der Waals surface area (Å²) in [6.07, 6.45) is 4.01. The predicted octanol–water partition coefficient (Wildman–Crippen LogP) is 6.43. The summed E-state index contributed by atoms with van der Waals surface area (Å²) in [4.78, 5) is 17.1. The zero-order valence-corrected chi connectivity index (χ0v) is 23.0. The molecule has 1 amide bonds. The van der Waals surface area contributed by atoms with E-state index in [-0.39, 0.29) is 17.6 Å². The maximum atomic E-state index is 12.8. The van der Waals surface area contributed by atoms with Gasteiger partial charge in [0.15, 0.2) is 0 Å². The number of nitrogens with zero attached hydrogens (tertiary/aromatic N) is 2.